The Kier molecular flexibility index (Phi) is 9.45. The van der Waals surface area contributed by atoms with Crippen LogP contribution < -0.4 is 16.4 Å². The highest BCUT2D eigenvalue weighted by Gasteiger charge is 2.31. The number of allylic oxidation sites excluding steroid dienone is 1. The largest absolute Gasteiger partial charge is 0.416 e. The number of rotatable bonds is 10. The van der Waals surface area contributed by atoms with E-state index in [0.717, 1.165) is 24.1 Å². The Labute approximate surface area is 223 Å². The molecule has 0 bridgehead atoms. The second-order valence-corrected chi connectivity index (χ2v) is 9.05. The van der Waals surface area contributed by atoms with Crippen molar-refractivity contribution >= 4 is 40.1 Å². The van der Waals surface area contributed by atoms with Crippen molar-refractivity contribution in [1.82, 2.24) is 25.3 Å². The lowest BCUT2D eigenvalue weighted by Crippen LogP contribution is -2.36. The number of halogens is 4. The number of fused-ring (bicyclic) bond motifs is 1. The summed E-state index contributed by atoms with van der Waals surface area (Å²) >= 11 is 6.35. The molecule has 2 heterocycles. The molecule has 1 amide bonds. The number of nitrogens with zero attached hydrogens (tertiary/aromatic N) is 4. The van der Waals surface area contributed by atoms with Crippen LogP contribution in [0.2, 0.25) is 5.02 Å². The van der Waals surface area contributed by atoms with E-state index >= 15 is 0 Å². The van der Waals surface area contributed by atoms with Crippen LogP contribution in [-0.4, -0.2) is 57.7 Å². The first kappa shape index (κ1) is 29.1. The van der Waals surface area contributed by atoms with Gasteiger partial charge in [-0.3, -0.25) is 9.79 Å². The van der Waals surface area contributed by atoms with Crippen LogP contribution >= 0.6 is 11.6 Å². The van der Waals surface area contributed by atoms with Gasteiger partial charge in [0.1, 0.15) is 17.2 Å². The maximum absolute atomic E-state index is 13.1. The quantitative estimate of drug-likeness (QED) is 0.272. The van der Waals surface area contributed by atoms with Crippen LogP contribution in [0.25, 0.3) is 11.0 Å². The molecule has 9 nitrogen and oxygen atoms in total. The molecule has 0 aliphatic heterocycles. The van der Waals surface area contributed by atoms with Gasteiger partial charge in [-0.05, 0) is 49.1 Å². The molecule has 38 heavy (non-hydrogen) atoms. The van der Waals surface area contributed by atoms with Crippen LogP contribution in [0.5, 0.6) is 0 Å². The van der Waals surface area contributed by atoms with Crippen molar-refractivity contribution in [2.45, 2.75) is 39.4 Å². The van der Waals surface area contributed by atoms with E-state index in [9.17, 15) is 18.0 Å². The van der Waals surface area contributed by atoms with Crippen molar-refractivity contribution in [3.8, 4) is 0 Å². The fourth-order valence-electron chi connectivity index (χ4n) is 3.82. The Morgan fingerprint density at radius 3 is 2.66 bits per heavy atom. The standard InChI is InChI=1S/C25H30ClF3N8O/c1-5-13(2)16(14(3)35-24(38)21-20(26)23(32-9-8-30)34-12-33-21)11-19(31-4)22-36-17-7-6-15(25(27,28)29)10-18(17)37-22/h6-7,10-14H,5,8-9,30H2,1-4H3,(H,35,38)(H,36,37)(H,32,33,34)/b16-11+,31-19?. The first-order valence-corrected chi connectivity index (χ1v) is 12.4. The van der Waals surface area contributed by atoms with Gasteiger partial charge in [-0.15, -0.1) is 0 Å². The van der Waals surface area contributed by atoms with Crippen molar-refractivity contribution in [2.24, 2.45) is 16.6 Å². The zero-order valence-electron chi connectivity index (χ0n) is 21.4. The zero-order chi connectivity index (χ0) is 28.0. The number of hydrogen-bond acceptors (Lipinski definition) is 7. The Morgan fingerprint density at radius 1 is 1.29 bits per heavy atom. The molecule has 13 heteroatoms. The number of nitrogens with one attached hydrogen (secondary N) is 3. The average Bonchev–Trinajstić information content (AvgIpc) is 3.31. The van der Waals surface area contributed by atoms with E-state index in [1.807, 2.05) is 20.8 Å². The van der Waals surface area contributed by atoms with E-state index in [1.165, 1.54) is 12.4 Å². The number of anilines is 1. The van der Waals surface area contributed by atoms with Gasteiger partial charge in [0.15, 0.2) is 11.5 Å². The summed E-state index contributed by atoms with van der Waals surface area (Å²) in [6.45, 7) is 6.61. The number of carbonyl (C=O) groups excluding carboxylic acids is 1. The second-order valence-electron chi connectivity index (χ2n) is 8.67. The number of aromatic amines is 1. The summed E-state index contributed by atoms with van der Waals surface area (Å²) in [7, 11) is 1.56. The van der Waals surface area contributed by atoms with Gasteiger partial charge in [-0.1, -0.05) is 25.4 Å². The molecule has 3 aromatic rings. The van der Waals surface area contributed by atoms with Crippen molar-refractivity contribution in [3.05, 3.63) is 58.3 Å². The number of aromatic nitrogens is 4. The summed E-state index contributed by atoms with van der Waals surface area (Å²) in [5.41, 5.74) is 6.64. The van der Waals surface area contributed by atoms with Gasteiger partial charge in [0, 0.05) is 26.2 Å². The number of nitrogens with two attached hydrogens (primary N) is 1. The highest BCUT2D eigenvalue weighted by molar-refractivity contribution is 6.35. The van der Waals surface area contributed by atoms with Gasteiger partial charge in [0.05, 0.1) is 22.3 Å². The average molecular weight is 551 g/mol. The molecule has 0 radical (unpaired) electrons. The fraction of sp³-hybridized carbons (Fsp3) is 0.400. The number of benzene rings is 1. The number of imidazole rings is 1. The number of carbonyl (C=O) groups is 1. The van der Waals surface area contributed by atoms with E-state index in [-0.39, 0.29) is 22.2 Å². The van der Waals surface area contributed by atoms with Crippen LogP contribution in [0.4, 0.5) is 19.0 Å². The minimum absolute atomic E-state index is 0.0127. The van der Waals surface area contributed by atoms with Crippen LogP contribution in [0.15, 0.2) is 41.2 Å². The maximum atomic E-state index is 13.1. The minimum Gasteiger partial charge on any atom is -0.367 e. The molecular formula is C25H30ClF3N8O. The van der Waals surface area contributed by atoms with E-state index in [4.69, 9.17) is 17.3 Å². The molecule has 0 saturated heterocycles. The van der Waals surface area contributed by atoms with E-state index in [2.05, 4.69) is 35.6 Å². The van der Waals surface area contributed by atoms with Gasteiger partial charge >= 0.3 is 6.18 Å². The number of H-pyrrole nitrogens is 1. The second kappa shape index (κ2) is 12.4. The molecule has 3 rings (SSSR count). The molecule has 0 fully saturated rings. The van der Waals surface area contributed by atoms with E-state index in [0.29, 0.717) is 36.0 Å². The van der Waals surface area contributed by atoms with Crippen LogP contribution in [-0.2, 0) is 6.18 Å². The molecule has 2 atom stereocenters. The van der Waals surface area contributed by atoms with Crippen molar-refractivity contribution in [2.75, 3.05) is 25.5 Å². The monoisotopic (exact) mass is 550 g/mol. The smallest absolute Gasteiger partial charge is 0.367 e. The molecule has 5 N–H and O–H groups in total. The lowest BCUT2D eigenvalue weighted by atomic mass is 9.91. The van der Waals surface area contributed by atoms with Gasteiger partial charge < -0.3 is 21.4 Å². The van der Waals surface area contributed by atoms with Gasteiger partial charge in [0.25, 0.3) is 5.91 Å². The molecule has 1 aromatic carbocycles. The van der Waals surface area contributed by atoms with Crippen LogP contribution in [0.3, 0.4) is 0 Å². The first-order chi connectivity index (χ1) is 18.0. The summed E-state index contributed by atoms with van der Waals surface area (Å²) in [6.07, 6.45) is -0.674. The third-order valence-corrected chi connectivity index (χ3v) is 6.42. The first-order valence-electron chi connectivity index (χ1n) is 12.0. The Hall–Kier alpha value is -3.51. The number of amides is 1. The summed E-state index contributed by atoms with van der Waals surface area (Å²) in [5, 5.41) is 5.95. The van der Waals surface area contributed by atoms with E-state index in [1.54, 1.807) is 13.1 Å². The summed E-state index contributed by atoms with van der Waals surface area (Å²) in [6, 6.07) is 2.86. The molecule has 0 saturated carbocycles. The molecule has 0 aliphatic rings. The Morgan fingerprint density at radius 2 is 2.03 bits per heavy atom. The molecule has 2 unspecified atom stereocenters. The lowest BCUT2D eigenvalue weighted by molar-refractivity contribution is -0.137. The minimum atomic E-state index is -4.47. The van der Waals surface area contributed by atoms with Crippen LogP contribution in [0, 0.1) is 5.92 Å². The third-order valence-electron chi connectivity index (χ3n) is 6.07. The van der Waals surface area contributed by atoms with Gasteiger partial charge in [-0.2, -0.15) is 13.2 Å². The lowest BCUT2D eigenvalue weighted by Gasteiger charge is -2.23. The third kappa shape index (κ3) is 6.67. The predicted molar refractivity (Wildman–Crippen MR) is 143 cm³/mol. The normalized spacial score (nSPS) is 14.4. The number of hydrogen-bond donors (Lipinski definition) is 4. The number of aliphatic imine (C=N–C) groups is 1. The SMILES string of the molecule is CCC(C)/C(=C\C(=NC)c1nc2ccc(C(F)(F)F)cc2[nH]1)C(C)NC(=O)c1ncnc(NCCN)c1Cl. The van der Waals surface area contributed by atoms with Gasteiger partial charge in [-0.25, -0.2) is 15.0 Å². The summed E-state index contributed by atoms with van der Waals surface area (Å²) in [5.74, 6) is 0.163. The van der Waals surface area contributed by atoms with E-state index < -0.39 is 23.7 Å². The number of alkyl halides is 3. The summed E-state index contributed by atoms with van der Waals surface area (Å²) in [4.78, 5) is 32.8. The Bertz CT molecular complexity index is 1350. The zero-order valence-corrected chi connectivity index (χ0v) is 22.2. The van der Waals surface area contributed by atoms with Crippen molar-refractivity contribution < 1.29 is 18.0 Å². The fourth-order valence-corrected chi connectivity index (χ4v) is 4.07. The molecule has 204 valence electrons. The highest BCUT2D eigenvalue weighted by atomic mass is 35.5. The van der Waals surface area contributed by atoms with Crippen LogP contribution in [0.1, 0.15) is 49.1 Å². The van der Waals surface area contributed by atoms with Gasteiger partial charge in [0.2, 0.25) is 0 Å². The Balaban J connectivity index is 1.91. The highest BCUT2D eigenvalue weighted by Crippen LogP contribution is 2.31. The predicted octanol–water partition coefficient (Wildman–Crippen LogP) is 4.61. The molecular weight excluding hydrogens is 521 g/mol. The van der Waals surface area contributed by atoms with Crippen molar-refractivity contribution in [3.63, 3.8) is 0 Å². The topological polar surface area (TPSA) is 134 Å². The molecule has 2 aromatic heterocycles. The van der Waals surface area contributed by atoms with Crippen molar-refractivity contribution in [1.29, 1.82) is 0 Å². The molecule has 0 spiro atoms. The summed E-state index contributed by atoms with van der Waals surface area (Å²) < 4.78 is 39.4. The molecule has 0 aliphatic carbocycles. The maximum Gasteiger partial charge on any atom is 0.416 e.